The van der Waals surface area contributed by atoms with Gasteiger partial charge in [-0.05, 0) is 32.1 Å². The molecule has 1 saturated carbocycles. The van der Waals surface area contributed by atoms with E-state index in [-0.39, 0.29) is 5.97 Å². The fraction of sp³-hybridized carbons (Fsp3) is 0.750. The molecule has 3 heteroatoms. The lowest BCUT2D eigenvalue weighted by Gasteiger charge is -2.30. The van der Waals surface area contributed by atoms with Crippen LogP contribution in [0.15, 0.2) is 0 Å². The van der Waals surface area contributed by atoms with Crippen molar-refractivity contribution in [2.24, 2.45) is 5.92 Å². The molecule has 0 aromatic rings. The number of terminal acetylenes is 1. The third kappa shape index (κ3) is 2.51. The lowest BCUT2D eigenvalue weighted by Crippen LogP contribution is -2.54. The Labute approximate surface area is 91.6 Å². The van der Waals surface area contributed by atoms with Crippen LogP contribution in [-0.2, 0) is 9.53 Å². The minimum Gasteiger partial charge on any atom is -0.465 e. The van der Waals surface area contributed by atoms with Gasteiger partial charge in [-0.3, -0.25) is 10.1 Å². The van der Waals surface area contributed by atoms with Gasteiger partial charge >= 0.3 is 5.97 Å². The molecule has 0 heterocycles. The van der Waals surface area contributed by atoms with Crippen molar-refractivity contribution in [3.8, 4) is 12.3 Å². The van der Waals surface area contributed by atoms with Gasteiger partial charge in [0, 0.05) is 0 Å². The van der Waals surface area contributed by atoms with Gasteiger partial charge in [0.15, 0.2) is 0 Å². The largest absolute Gasteiger partial charge is 0.465 e. The first kappa shape index (κ1) is 12.1. The van der Waals surface area contributed by atoms with Crippen LogP contribution in [-0.4, -0.2) is 24.7 Å². The lowest BCUT2D eigenvalue weighted by atomic mass is 9.90. The van der Waals surface area contributed by atoms with Gasteiger partial charge in [0.05, 0.1) is 13.2 Å². The third-order valence-corrected chi connectivity index (χ3v) is 2.98. The number of carbonyl (C=O) groups excluding carboxylic acids is 1. The van der Waals surface area contributed by atoms with Gasteiger partial charge in [-0.15, -0.1) is 6.42 Å². The Bertz CT molecular complexity index is 265. The first-order valence-corrected chi connectivity index (χ1v) is 5.57. The summed E-state index contributed by atoms with van der Waals surface area (Å²) in [7, 11) is 0. The van der Waals surface area contributed by atoms with Gasteiger partial charge in [-0.2, -0.15) is 0 Å². The van der Waals surface area contributed by atoms with Crippen LogP contribution in [0.4, 0.5) is 0 Å². The van der Waals surface area contributed by atoms with Gasteiger partial charge in [-0.25, -0.2) is 0 Å². The number of ether oxygens (including phenoxy) is 1. The second-order valence-electron chi connectivity index (χ2n) is 3.88. The minimum absolute atomic E-state index is 0.148. The monoisotopic (exact) mass is 209 g/mol. The summed E-state index contributed by atoms with van der Waals surface area (Å²) in [4.78, 5) is 11.9. The first-order valence-electron chi connectivity index (χ1n) is 5.57. The van der Waals surface area contributed by atoms with Crippen molar-refractivity contribution in [2.75, 3.05) is 13.2 Å². The highest BCUT2D eigenvalue weighted by Gasteiger charge is 2.50. The van der Waals surface area contributed by atoms with Crippen LogP contribution < -0.4 is 5.32 Å². The number of hydrogen-bond acceptors (Lipinski definition) is 3. The van der Waals surface area contributed by atoms with Crippen molar-refractivity contribution < 1.29 is 9.53 Å². The second-order valence-corrected chi connectivity index (χ2v) is 3.88. The molecule has 0 saturated heterocycles. The smallest absolute Gasteiger partial charge is 0.326 e. The summed E-state index contributed by atoms with van der Waals surface area (Å²) >= 11 is 0. The van der Waals surface area contributed by atoms with Crippen molar-refractivity contribution in [1.29, 1.82) is 0 Å². The van der Waals surface area contributed by atoms with Gasteiger partial charge < -0.3 is 4.74 Å². The van der Waals surface area contributed by atoms with E-state index in [0.29, 0.717) is 19.1 Å². The maximum absolute atomic E-state index is 11.9. The third-order valence-electron chi connectivity index (χ3n) is 2.98. The zero-order chi connectivity index (χ0) is 11.3. The van der Waals surface area contributed by atoms with E-state index in [1.54, 1.807) is 0 Å². The second kappa shape index (κ2) is 5.18. The molecule has 1 N–H and O–H groups in total. The molecule has 84 valence electrons. The topological polar surface area (TPSA) is 38.3 Å². The maximum atomic E-state index is 11.9. The van der Waals surface area contributed by atoms with Crippen molar-refractivity contribution in [2.45, 2.75) is 38.6 Å². The van der Waals surface area contributed by atoms with Crippen LogP contribution in [0.5, 0.6) is 0 Å². The van der Waals surface area contributed by atoms with E-state index in [2.05, 4.69) is 11.2 Å². The van der Waals surface area contributed by atoms with Crippen molar-refractivity contribution >= 4 is 5.97 Å². The average molecular weight is 209 g/mol. The number of esters is 1. The standard InChI is InChI=1S/C12H19NO2/c1-4-9-13-12(5-2,10-7-8-10)11(14)15-6-3/h1,10,13H,5-9H2,2-3H3. The molecule has 1 fully saturated rings. The Morgan fingerprint density at radius 2 is 2.27 bits per heavy atom. The summed E-state index contributed by atoms with van der Waals surface area (Å²) in [6.07, 6.45) is 8.13. The van der Waals surface area contributed by atoms with Crippen molar-refractivity contribution in [1.82, 2.24) is 5.32 Å². The van der Waals surface area contributed by atoms with E-state index >= 15 is 0 Å². The minimum atomic E-state index is -0.539. The predicted molar refractivity (Wildman–Crippen MR) is 59.2 cm³/mol. The molecular formula is C12H19NO2. The fourth-order valence-electron chi connectivity index (χ4n) is 1.99. The molecule has 0 bridgehead atoms. The SMILES string of the molecule is C#CCNC(CC)(C(=O)OCC)C1CC1. The molecule has 0 aromatic carbocycles. The maximum Gasteiger partial charge on any atom is 0.326 e. The van der Waals surface area contributed by atoms with E-state index in [1.165, 1.54) is 0 Å². The van der Waals surface area contributed by atoms with Gasteiger partial charge in [0.1, 0.15) is 5.54 Å². The zero-order valence-electron chi connectivity index (χ0n) is 9.51. The summed E-state index contributed by atoms with van der Waals surface area (Å²) in [5.74, 6) is 2.77. The Kier molecular flexibility index (Phi) is 4.16. The Morgan fingerprint density at radius 3 is 2.67 bits per heavy atom. The van der Waals surface area contributed by atoms with E-state index in [1.807, 2.05) is 13.8 Å². The molecule has 1 unspecified atom stereocenters. The number of rotatable bonds is 6. The summed E-state index contributed by atoms with van der Waals surface area (Å²) in [5, 5.41) is 3.17. The molecule has 1 atom stereocenters. The van der Waals surface area contributed by atoms with E-state index in [0.717, 1.165) is 19.3 Å². The van der Waals surface area contributed by atoms with Crippen LogP contribution in [0.2, 0.25) is 0 Å². The highest BCUT2D eigenvalue weighted by Crippen LogP contribution is 2.42. The molecule has 15 heavy (non-hydrogen) atoms. The van der Waals surface area contributed by atoms with E-state index in [4.69, 9.17) is 11.2 Å². The summed E-state index contributed by atoms with van der Waals surface area (Å²) in [5.41, 5.74) is -0.539. The van der Waals surface area contributed by atoms with Gasteiger partial charge in [0.2, 0.25) is 0 Å². The molecule has 0 amide bonds. The average Bonchev–Trinajstić information content (AvgIpc) is 3.04. The highest BCUT2D eigenvalue weighted by atomic mass is 16.5. The van der Waals surface area contributed by atoms with Crippen LogP contribution in [0, 0.1) is 18.3 Å². The fourth-order valence-corrected chi connectivity index (χ4v) is 1.99. The Morgan fingerprint density at radius 1 is 1.60 bits per heavy atom. The molecule has 1 aliphatic carbocycles. The highest BCUT2D eigenvalue weighted by molar-refractivity contribution is 5.81. The molecule has 0 aliphatic heterocycles. The molecular weight excluding hydrogens is 190 g/mol. The van der Waals surface area contributed by atoms with E-state index in [9.17, 15) is 4.79 Å². The Balaban J connectivity index is 2.73. The number of nitrogens with one attached hydrogen (secondary N) is 1. The van der Waals surface area contributed by atoms with Gasteiger partial charge in [0.25, 0.3) is 0 Å². The van der Waals surface area contributed by atoms with E-state index < -0.39 is 5.54 Å². The predicted octanol–water partition coefficient (Wildman–Crippen LogP) is 1.33. The molecule has 0 spiro atoms. The quantitative estimate of drug-likeness (QED) is 0.530. The lowest BCUT2D eigenvalue weighted by molar-refractivity contribution is -0.152. The Hall–Kier alpha value is -1.01. The summed E-state index contributed by atoms with van der Waals surface area (Å²) in [6, 6.07) is 0. The zero-order valence-corrected chi connectivity index (χ0v) is 9.51. The molecule has 1 aliphatic rings. The molecule has 0 radical (unpaired) electrons. The van der Waals surface area contributed by atoms with Crippen molar-refractivity contribution in [3.05, 3.63) is 0 Å². The number of hydrogen-bond donors (Lipinski definition) is 1. The first-order chi connectivity index (χ1) is 7.21. The van der Waals surface area contributed by atoms with Gasteiger partial charge in [-0.1, -0.05) is 12.8 Å². The van der Waals surface area contributed by atoms with Crippen LogP contribution >= 0.6 is 0 Å². The summed E-state index contributed by atoms with van der Waals surface area (Å²) < 4.78 is 5.13. The summed E-state index contributed by atoms with van der Waals surface area (Å²) in [6.45, 7) is 4.67. The molecule has 1 rings (SSSR count). The molecule has 3 nitrogen and oxygen atoms in total. The van der Waals surface area contributed by atoms with Crippen LogP contribution in [0.25, 0.3) is 0 Å². The normalized spacial score (nSPS) is 19.0. The molecule has 0 aromatic heterocycles. The number of carbonyl (C=O) groups is 1. The van der Waals surface area contributed by atoms with Crippen LogP contribution in [0.3, 0.4) is 0 Å². The van der Waals surface area contributed by atoms with Crippen molar-refractivity contribution in [3.63, 3.8) is 0 Å². The van der Waals surface area contributed by atoms with Crippen LogP contribution in [0.1, 0.15) is 33.1 Å².